The molecule has 0 aromatic heterocycles. The summed E-state index contributed by atoms with van der Waals surface area (Å²) in [5, 5.41) is 0. The van der Waals surface area contributed by atoms with E-state index in [2.05, 4.69) is 41.3 Å². The zero-order valence-electron chi connectivity index (χ0n) is 10.4. The van der Waals surface area contributed by atoms with E-state index in [9.17, 15) is 4.79 Å². The van der Waals surface area contributed by atoms with Crippen LogP contribution < -0.4 is 0 Å². The van der Waals surface area contributed by atoms with Crippen LogP contribution in [0.1, 0.15) is 24.2 Å². The number of hydrogen-bond donors (Lipinski definition) is 0. The molecule has 0 spiro atoms. The summed E-state index contributed by atoms with van der Waals surface area (Å²) in [4.78, 5) is 13.9. The van der Waals surface area contributed by atoms with Gasteiger partial charge in [-0.1, -0.05) is 12.1 Å². The van der Waals surface area contributed by atoms with Crippen molar-refractivity contribution in [2.45, 2.75) is 19.9 Å². The maximum absolute atomic E-state index is 11.8. The molecule has 0 heterocycles. The molecule has 1 aromatic carbocycles. The van der Waals surface area contributed by atoms with Crippen LogP contribution in [0.2, 0.25) is 0 Å². The van der Waals surface area contributed by atoms with E-state index in [1.54, 1.807) is 6.07 Å². The number of ether oxygens (including phenoxy) is 1. The molecular formula is C13H18INO2. The van der Waals surface area contributed by atoms with Gasteiger partial charge >= 0.3 is 5.97 Å². The molecule has 94 valence electrons. The summed E-state index contributed by atoms with van der Waals surface area (Å²) in [6, 6.07) is 7.91. The monoisotopic (exact) mass is 347 g/mol. The number of halogens is 1. The number of benzene rings is 1. The van der Waals surface area contributed by atoms with Crippen LogP contribution in [-0.2, 0) is 4.74 Å². The number of nitrogens with zero attached hydrogens (tertiary/aromatic N) is 1. The molecule has 17 heavy (non-hydrogen) atoms. The molecule has 0 saturated carbocycles. The minimum absolute atomic E-state index is 0.243. The molecule has 0 unspecified atom stereocenters. The maximum Gasteiger partial charge on any atom is 0.339 e. The molecule has 0 radical (unpaired) electrons. The molecule has 1 aromatic rings. The second-order valence-electron chi connectivity index (χ2n) is 4.19. The predicted octanol–water partition coefficient (Wildman–Crippen LogP) is 2.79. The lowest BCUT2D eigenvalue weighted by atomic mass is 10.2. The van der Waals surface area contributed by atoms with Gasteiger partial charge in [-0.05, 0) is 55.6 Å². The van der Waals surface area contributed by atoms with Crippen LogP contribution in [0.25, 0.3) is 0 Å². The van der Waals surface area contributed by atoms with E-state index in [1.165, 1.54) is 0 Å². The minimum Gasteiger partial charge on any atom is -0.461 e. The topological polar surface area (TPSA) is 29.5 Å². The summed E-state index contributed by atoms with van der Waals surface area (Å²) in [6.45, 7) is 5.41. The van der Waals surface area contributed by atoms with Gasteiger partial charge in [0.25, 0.3) is 0 Å². The molecule has 0 atom stereocenters. The second kappa shape index (κ2) is 6.96. The molecule has 0 bridgehead atoms. The van der Waals surface area contributed by atoms with Gasteiger partial charge < -0.3 is 9.64 Å². The third-order valence-corrected chi connectivity index (χ3v) is 3.59. The fourth-order valence-electron chi connectivity index (χ4n) is 1.25. The maximum atomic E-state index is 11.8. The second-order valence-corrected chi connectivity index (χ2v) is 5.35. The van der Waals surface area contributed by atoms with Crippen LogP contribution in [0.15, 0.2) is 24.3 Å². The lowest BCUT2D eigenvalue weighted by molar-refractivity contribution is 0.0459. The van der Waals surface area contributed by atoms with Crippen LogP contribution >= 0.6 is 22.6 Å². The quantitative estimate of drug-likeness (QED) is 0.606. The van der Waals surface area contributed by atoms with E-state index in [1.807, 2.05) is 25.2 Å². The normalized spacial score (nSPS) is 10.9. The van der Waals surface area contributed by atoms with Crippen LogP contribution in [0.5, 0.6) is 0 Å². The lowest BCUT2D eigenvalue weighted by Gasteiger charge is -2.20. The molecule has 0 amide bonds. The summed E-state index contributed by atoms with van der Waals surface area (Å²) in [5.41, 5.74) is 0.639. The Morgan fingerprint density at radius 3 is 2.65 bits per heavy atom. The summed E-state index contributed by atoms with van der Waals surface area (Å²) in [5.74, 6) is -0.243. The molecule has 0 fully saturated rings. The van der Waals surface area contributed by atoms with Crippen LogP contribution in [-0.4, -0.2) is 37.1 Å². The van der Waals surface area contributed by atoms with E-state index in [-0.39, 0.29) is 5.97 Å². The van der Waals surface area contributed by atoms with Gasteiger partial charge in [0.1, 0.15) is 6.61 Å². The van der Waals surface area contributed by atoms with Gasteiger partial charge in [-0.25, -0.2) is 4.79 Å². The van der Waals surface area contributed by atoms with E-state index in [4.69, 9.17) is 4.74 Å². The Labute approximate surface area is 116 Å². The van der Waals surface area contributed by atoms with Crippen molar-refractivity contribution in [2.75, 3.05) is 20.2 Å². The van der Waals surface area contributed by atoms with Gasteiger partial charge in [0, 0.05) is 16.2 Å². The number of carbonyl (C=O) groups is 1. The van der Waals surface area contributed by atoms with Gasteiger partial charge in [0.2, 0.25) is 0 Å². The van der Waals surface area contributed by atoms with Crippen LogP contribution in [0.3, 0.4) is 0 Å². The molecule has 0 saturated heterocycles. The Balaban J connectivity index is 2.43. The Bertz CT molecular complexity index is 379. The molecule has 4 heteroatoms. The molecule has 0 aliphatic rings. The van der Waals surface area contributed by atoms with E-state index in [0.717, 1.165) is 10.1 Å². The van der Waals surface area contributed by atoms with Crippen molar-refractivity contribution >= 4 is 28.6 Å². The Hall–Kier alpha value is -0.620. The van der Waals surface area contributed by atoms with Crippen molar-refractivity contribution in [1.82, 2.24) is 4.90 Å². The van der Waals surface area contributed by atoms with E-state index >= 15 is 0 Å². The van der Waals surface area contributed by atoms with Gasteiger partial charge in [0.05, 0.1) is 5.56 Å². The third kappa shape index (κ3) is 4.63. The summed E-state index contributed by atoms with van der Waals surface area (Å²) < 4.78 is 6.17. The fraction of sp³-hybridized carbons (Fsp3) is 0.462. The average Bonchev–Trinajstić information content (AvgIpc) is 2.29. The van der Waals surface area contributed by atoms with Crippen molar-refractivity contribution in [3.05, 3.63) is 33.4 Å². The van der Waals surface area contributed by atoms with Gasteiger partial charge in [-0.3, -0.25) is 0 Å². The average molecular weight is 347 g/mol. The molecule has 0 aliphatic heterocycles. The molecule has 0 N–H and O–H groups in total. The number of esters is 1. The number of rotatable bonds is 5. The van der Waals surface area contributed by atoms with Gasteiger partial charge in [-0.15, -0.1) is 0 Å². The first-order valence-corrected chi connectivity index (χ1v) is 6.72. The highest BCUT2D eigenvalue weighted by Crippen LogP contribution is 2.12. The van der Waals surface area contributed by atoms with E-state index in [0.29, 0.717) is 18.2 Å². The Kier molecular flexibility index (Phi) is 5.91. The van der Waals surface area contributed by atoms with Crippen molar-refractivity contribution in [3.63, 3.8) is 0 Å². The predicted molar refractivity (Wildman–Crippen MR) is 77.2 cm³/mol. The largest absolute Gasteiger partial charge is 0.461 e. The van der Waals surface area contributed by atoms with Crippen molar-refractivity contribution in [3.8, 4) is 0 Å². The Morgan fingerprint density at radius 2 is 2.06 bits per heavy atom. The summed E-state index contributed by atoms with van der Waals surface area (Å²) >= 11 is 2.14. The lowest BCUT2D eigenvalue weighted by Crippen LogP contribution is -2.30. The standard InChI is InChI=1S/C13H18INO2/c1-10(2)15(3)8-9-17-13(16)11-6-4-5-7-12(11)14/h4-7,10H,8-9H2,1-3H3. The number of hydrogen-bond acceptors (Lipinski definition) is 3. The molecule has 1 rings (SSSR count). The first-order valence-electron chi connectivity index (χ1n) is 5.64. The zero-order valence-corrected chi connectivity index (χ0v) is 12.6. The molecular weight excluding hydrogens is 329 g/mol. The zero-order chi connectivity index (χ0) is 12.8. The van der Waals surface area contributed by atoms with Crippen LogP contribution in [0.4, 0.5) is 0 Å². The smallest absolute Gasteiger partial charge is 0.339 e. The molecule has 0 aliphatic carbocycles. The van der Waals surface area contributed by atoms with E-state index < -0.39 is 0 Å². The number of likely N-dealkylation sites (N-methyl/N-ethyl adjacent to an activating group) is 1. The van der Waals surface area contributed by atoms with Crippen molar-refractivity contribution < 1.29 is 9.53 Å². The third-order valence-electron chi connectivity index (χ3n) is 2.65. The first kappa shape index (κ1) is 14.4. The van der Waals surface area contributed by atoms with Crippen LogP contribution in [0, 0.1) is 3.57 Å². The van der Waals surface area contributed by atoms with Crippen molar-refractivity contribution in [2.24, 2.45) is 0 Å². The van der Waals surface area contributed by atoms with Gasteiger partial charge in [-0.2, -0.15) is 0 Å². The molecule has 3 nitrogen and oxygen atoms in total. The fourth-order valence-corrected chi connectivity index (χ4v) is 1.85. The summed E-state index contributed by atoms with van der Waals surface area (Å²) in [6.07, 6.45) is 0. The Morgan fingerprint density at radius 1 is 1.41 bits per heavy atom. The minimum atomic E-state index is -0.243. The SMILES string of the molecule is CC(C)N(C)CCOC(=O)c1ccccc1I. The van der Waals surface area contributed by atoms with Gasteiger partial charge in [0.15, 0.2) is 0 Å². The highest BCUT2D eigenvalue weighted by atomic mass is 127. The van der Waals surface area contributed by atoms with Crippen molar-refractivity contribution in [1.29, 1.82) is 0 Å². The highest BCUT2D eigenvalue weighted by molar-refractivity contribution is 14.1. The summed E-state index contributed by atoms with van der Waals surface area (Å²) in [7, 11) is 2.02. The highest BCUT2D eigenvalue weighted by Gasteiger charge is 2.11. The number of carbonyl (C=O) groups excluding carboxylic acids is 1. The first-order chi connectivity index (χ1) is 8.02.